The zero-order valence-corrected chi connectivity index (χ0v) is 16.0. The van der Waals surface area contributed by atoms with E-state index < -0.39 is 0 Å². The third-order valence-electron chi connectivity index (χ3n) is 2.30. The third kappa shape index (κ3) is 3.44. The van der Waals surface area contributed by atoms with E-state index in [1.807, 2.05) is 6.07 Å². The summed E-state index contributed by atoms with van der Waals surface area (Å²) in [5, 5.41) is 0. The van der Waals surface area contributed by atoms with Crippen molar-refractivity contribution in [3.63, 3.8) is 0 Å². The molecule has 5 heteroatoms. The molecule has 0 saturated heterocycles. The van der Waals surface area contributed by atoms with Crippen LogP contribution in [0, 0.1) is 6.92 Å². The van der Waals surface area contributed by atoms with Gasteiger partial charge in [-0.3, -0.25) is 0 Å². The van der Waals surface area contributed by atoms with Crippen molar-refractivity contribution in [2.75, 3.05) is 0 Å². The van der Waals surface area contributed by atoms with Crippen LogP contribution in [0.15, 0.2) is 37.7 Å². The minimum absolute atomic E-state index is 0.228. The lowest BCUT2D eigenvalue weighted by molar-refractivity contribution is 1.21. The van der Waals surface area contributed by atoms with Gasteiger partial charge in [-0.1, -0.05) is 47.8 Å². The summed E-state index contributed by atoms with van der Waals surface area (Å²) in [7, 11) is 0. The van der Waals surface area contributed by atoms with Crippen molar-refractivity contribution in [2.45, 2.75) is 11.8 Å². The number of alkyl halides is 1. The first-order chi connectivity index (χ1) is 7.97. The maximum atomic E-state index is 3.76. The van der Waals surface area contributed by atoms with E-state index in [-0.39, 0.29) is 4.83 Å². The van der Waals surface area contributed by atoms with Crippen LogP contribution in [0.2, 0.25) is 0 Å². The number of aryl methyl sites for hydroxylation is 1. The molecular weight excluding hydrogens is 496 g/mol. The molecule has 0 bridgehead atoms. The molecule has 0 N–H and O–H groups in total. The molecule has 2 rings (SSSR count). The van der Waals surface area contributed by atoms with Gasteiger partial charge in [-0.05, 0) is 52.7 Å². The Morgan fingerprint density at radius 2 is 1.59 bits per heavy atom. The highest BCUT2D eigenvalue weighted by Gasteiger charge is 2.15. The molecule has 1 aromatic carbocycles. The van der Waals surface area contributed by atoms with E-state index >= 15 is 0 Å². The minimum atomic E-state index is 0.228. The first kappa shape index (κ1) is 14.3. The molecule has 0 fully saturated rings. The molecule has 0 aliphatic rings. The van der Waals surface area contributed by atoms with Crippen molar-refractivity contribution in [2.24, 2.45) is 0 Å². The van der Waals surface area contributed by atoms with Crippen LogP contribution in [-0.2, 0) is 0 Å². The minimum Gasteiger partial charge on any atom is -0.143 e. The summed E-state index contributed by atoms with van der Waals surface area (Å²) in [5.74, 6) is 0. The maximum absolute atomic E-state index is 3.76. The third-order valence-corrected chi connectivity index (χ3v) is 6.75. The Kier molecular flexibility index (Phi) is 4.92. The second kappa shape index (κ2) is 5.87. The summed E-state index contributed by atoms with van der Waals surface area (Å²) < 4.78 is 3.34. The van der Waals surface area contributed by atoms with Crippen LogP contribution < -0.4 is 0 Å². The molecule has 0 radical (unpaired) electrons. The lowest BCUT2D eigenvalue weighted by Gasteiger charge is -2.09. The number of hydrogen-bond donors (Lipinski definition) is 0. The fourth-order valence-corrected chi connectivity index (χ4v) is 5.07. The first-order valence-corrected chi connectivity index (χ1v) is 8.94. The summed E-state index contributed by atoms with van der Waals surface area (Å²) in [6, 6.07) is 8.48. The molecule has 1 aromatic heterocycles. The van der Waals surface area contributed by atoms with Gasteiger partial charge >= 0.3 is 0 Å². The van der Waals surface area contributed by atoms with E-state index in [1.54, 1.807) is 11.3 Å². The molecule has 90 valence electrons. The highest BCUT2D eigenvalue weighted by atomic mass is 79.9. The van der Waals surface area contributed by atoms with E-state index in [0.717, 1.165) is 8.95 Å². The molecule has 1 atom stereocenters. The second-order valence-corrected chi connectivity index (χ2v) is 8.51. The monoisotopic (exact) mass is 500 g/mol. The Balaban J connectivity index is 2.39. The van der Waals surface area contributed by atoms with Crippen LogP contribution in [0.25, 0.3) is 0 Å². The Morgan fingerprint density at radius 1 is 1.00 bits per heavy atom. The summed E-state index contributed by atoms with van der Waals surface area (Å²) >= 11 is 16.2. The molecule has 1 heterocycles. The van der Waals surface area contributed by atoms with Crippen molar-refractivity contribution < 1.29 is 0 Å². The van der Waals surface area contributed by atoms with Gasteiger partial charge in [0.2, 0.25) is 0 Å². The van der Waals surface area contributed by atoms with Gasteiger partial charge in [-0.25, -0.2) is 0 Å². The fraction of sp³-hybridized carbons (Fsp3) is 0.167. The van der Waals surface area contributed by atoms with Crippen molar-refractivity contribution in [3.8, 4) is 0 Å². The van der Waals surface area contributed by atoms with Crippen molar-refractivity contribution in [3.05, 3.63) is 53.0 Å². The van der Waals surface area contributed by atoms with Gasteiger partial charge in [0, 0.05) is 23.2 Å². The van der Waals surface area contributed by atoms with Crippen molar-refractivity contribution in [1.82, 2.24) is 0 Å². The van der Waals surface area contributed by atoms with Gasteiger partial charge in [-0.2, -0.15) is 0 Å². The second-order valence-electron chi connectivity index (χ2n) is 3.62. The van der Waals surface area contributed by atoms with Gasteiger partial charge in [0.1, 0.15) is 0 Å². The van der Waals surface area contributed by atoms with E-state index in [4.69, 9.17) is 0 Å². The van der Waals surface area contributed by atoms with E-state index in [0.29, 0.717) is 0 Å². The van der Waals surface area contributed by atoms with Crippen LogP contribution in [0.1, 0.15) is 20.1 Å². The van der Waals surface area contributed by atoms with Crippen LogP contribution in [-0.4, -0.2) is 0 Å². The number of benzene rings is 1. The highest BCUT2D eigenvalue weighted by molar-refractivity contribution is 9.11. The number of thiophene rings is 1. The topological polar surface area (TPSA) is 0 Å². The Labute approximate surface area is 138 Å². The average Bonchev–Trinajstić information content (AvgIpc) is 2.57. The average molecular weight is 504 g/mol. The van der Waals surface area contributed by atoms with E-state index in [2.05, 4.69) is 88.8 Å². The predicted molar refractivity (Wildman–Crippen MR) is 89.4 cm³/mol. The van der Waals surface area contributed by atoms with Crippen molar-refractivity contribution in [1.29, 1.82) is 0 Å². The van der Waals surface area contributed by atoms with Gasteiger partial charge in [0.15, 0.2) is 0 Å². The fourth-order valence-electron chi connectivity index (χ4n) is 1.49. The van der Waals surface area contributed by atoms with E-state index in [9.17, 15) is 0 Å². The summed E-state index contributed by atoms with van der Waals surface area (Å²) in [4.78, 5) is 2.84. The van der Waals surface area contributed by atoms with E-state index in [1.165, 1.54) is 19.8 Å². The summed E-state index contributed by atoms with van der Waals surface area (Å²) in [6.45, 7) is 2.12. The van der Waals surface area contributed by atoms with Gasteiger partial charge < -0.3 is 0 Å². The largest absolute Gasteiger partial charge is 0.143 e. The molecule has 0 aliphatic heterocycles. The molecular formula is C12H8Br4S. The van der Waals surface area contributed by atoms with Gasteiger partial charge in [0.25, 0.3) is 0 Å². The van der Waals surface area contributed by atoms with Crippen molar-refractivity contribution >= 4 is 75.1 Å². The highest BCUT2D eigenvalue weighted by Crippen LogP contribution is 2.40. The number of rotatable bonds is 2. The molecule has 2 aromatic rings. The summed E-state index contributed by atoms with van der Waals surface area (Å²) in [5.41, 5.74) is 1.24. The zero-order chi connectivity index (χ0) is 12.6. The normalized spacial score (nSPS) is 12.8. The van der Waals surface area contributed by atoms with Gasteiger partial charge in [0.05, 0.1) is 4.83 Å². The molecule has 17 heavy (non-hydrogen) atoms. The van der Waals surface area contributed by atoms with Crippen LogP contribution in [0.5, 0.6) is 0 Å². The smallest absolute Gasteiger partial charge is 0.0739 e. The Bertz CT molecular complexity index is 508. The number of hydrogen-bond acceptors (Lipinski definition) is 1. The standard InChI is InChI=1S/C12H8Br4S/c1-6-10(15)5-11(17-6)12(16)7-2-8(13)4-9(14)3-7/h2-5,12H,1H3. The first-order valence-electron chi connectivity index (χ1n) is 4.83. The Morgan fingerprint density at radius 3 is 2.06 bits per heavy atom. The predicted octanol–water partition coefficient (Wildman–Crippen LogP) is 6.83. The molecule has 0 nitrogen and oxygen atoms in total. The molecule has 0 aliphatic carbocycles. The van der Waals surface area contributed by atoms with Crippen LogP contribution >= 0.6 is 75.1 Å². The maximum Gasteiger partial charge on any atom is 0.0739 e. The Hall–Kier alpha value is 0.840. The number of halogens is 4. The quantitative estimate of drug-likeness (QED) is 0.394. The molecule has 0 amide bonds. The lowest BCUT2D eigenvalue weighted by Crippen LogP contribution is -1.89. The SMILES string of the molecule is Cc1sc(C(Br)c2cc(Br)cc(Br)c2)cc1Br. The summed E-state index contributed by atoms with van der Waals surface area (Å²) in [6.07, 6.45) is 0. The van der Waals surface area contributed by atoms with Gasteiger partial charge in [-0.15, -0.1) is 11.3 Å². The molecule has 0 spiro atoms. The lowest BCUT2D eigenvalue weighted by atomic mass is 10.1. The zero-order valence-electron chi connectivity index (χ0n) is 8.81. The molecule has 1 unspecified atom stereocenters. The van der Waals surface area contributed by atoms with Crippen LogP contribution in [0.4, 0.5) is 0 Å². The van der Waals surface area contributed by atoms with Crippen LogP contribution in [0.3, 0.4) is 0 Å². The molecule has 0 saturated carbocycles.